The van der Waals surface area contributed by atoms with Crippen LogP contribution >= 0.6 is 0 Å². The van der Waals surface area contributed by atoms with Gasteiger partial charge in [0.15, 0.2) is 5.78 Å². The highest BCUT2D eigenvalue weighted by molar-refractivity contribution is 5.98. The van der Waals surface area contributed by atoms with E-state index >= 15 is 4.39 Å². The minimum absolute atomic E-state index is 0.359. The third-order valence-electron chi connectivity index (χ3n) is 10.8. The van der Waals surface area contributed by atoms with E-state index in [1.807, 2.05) is 0 Å². The second kappa shape index (κ2) is 10.9. The van der Waals surface area contributed by atoms with Crippen molar-refractivity contribution in [2.45, 2.75) is 148 Å². The van der Waals surface area contributed by atoms with Crippen molar-refractivity contribution < 1.29 is 9.18 Å². The molecule has 4 saturated carbocycles. The normalized spacial score (nSPS) is 42.3. The Balaban J connectivity index is 1.19. The molecule has 0 amide bonds. The average molecular weight is 447 g/mol. The van der Waals surface area contributed by atoms with Crippen molar-refractivity contribution >= 4 is 5.78 Å². The molecule has 0 unspecified atom stereocenters. The Hall–Kier alpha value is -0.400. The number of carbonyl (C=O) groups is 1. The van der Waals surface area contributed by atoms with Gasteiger partial charge < -0.3 is 0 Å². The number of ketones is 1. The van der Waals surface area contributed by atoms with Crippen LogP contribution in [0.1, 0.15) is 142 Å². The number of hydrogen-bond donors (Lipinski definition) is 0. The van der Waals surface area contributed by atoms with E-state index in [4.69, 9.17) is 0 Å². The number of Topliss-reactive ketones (excluding diaryl/α,β-unsaturated/α-hetero) is 1. The van der Waals surface area contributed by atoms with Gasteiger partial charge in [0.2, 0.25) is 0 Å². The molecule has 0 saturated heterocycles. The Kier molecular flexibility index (Phi) is 8.42. The van der Waals surface area contributed by atoms with E-state index in [0.717, 1.165) is 75.0 Å². The molecule has 0 bridgehead atoms. The predicted octanol–water partition coefficient (Wildman–Crippen LogP) is 9.23. The summed E-state index contributed by atoms with van der Waals surface area (Å²) in [5.74, 6) is 3.69. The summed E-state index contributed by atoms with van der Waals surface area (Å²) in [6.07, 6.45) is 23.5. The molecule has 1 nitrogen and oxygen atoms in total. The van der Waals surface area contributed by atoms with E-state index in [1.165, 1.54) is 77.0 Å². The topological polar surface area (TPSA) is 17.1 Å². The summed E-state index contributed by atoms with van der Waals surface area (Å²) in [5, 5.41) is 0. The molecule has 4 aliphatic carbocycles. The van der Waals surface area contributed by atoms with Crippen LogP contribution < -0.4 is 0 Å². The Morgan fingerprint density at radius 2 is 1.19 bits per heavy atom. The quantitative estimate of drug-likeness (QED) is 0.322. The molecule has 0 aromatic rings. The van der Waals surface area contributed by atoms with Crippen LogP contribution in [-0.2, 0) is 4.79 Å². The second-order valence-electron chi connectivity index (χ2n) is 12.6. The lowest BCUT2D eigenvalue weighted by molar-refractivity contribution is -0.194. The lowest BCUT2D eigenvalue weighted by Crippen LogP contribution is -2.69. The van der Waals surface area contributed by atoms with Crippen molar-refractivity contribution in [3.05, 3.63) is 0 Å². The third-order valence-corrected chi connectivity index (χ3v) is 10.8. The van der Waals surface area contributed by atoms with Crippen LogP contribution in [0.15, 0.2) is 0 Å². The predicted molar refractivity (Wildman–Crippen MR) is 132 cm³/mol. The summed E-state index contributed by atoms with van der Waals surface area (Å²) < 4.78 is 15.8. The van der Waals surface area contributed by atoms with Crippen molar-refractivity contribution in [3.63, 3.8) is 0 Å². The van der Waals surface area contributed by atoms with Gasteiger partial charge in [0.25, 0.3) is 0 Å². The molecule has 0 aromatic carbocycles. The van der Waals surface area contributed by atoms with Crippen molar-refractivity contribution in [3.8, 4) is 0 Å². The Bertz CT molecular complexity index is 588. The summed E-state index contributed by atoms with van der Waals surface area (Å²) in [6, 6.07) is 0. The Morgan fingerprint density at radius 1 is 0.656 bits per heavy atom. The van der Waals surface area contributed by atoms with Gasteiger partial charge in [-0.3, -0.25) is 4.79 Å². The zero-order chi connectivity index (χ0) is 22.6. The number of rotatable bonds is 9. The zero-order valence-electron chi connectivity index (χ0n) is 21.3. The molecule has 0 heterocycles. The lowest BCUT2D eigenvalue weighted by atomic mass is 9.41. The first-order valence-corrected chi connectivity index (χ1v) is 14.7. The first-order valence-electron chi connectivity index (χ1n) is 14.7. The standard InChI is InChI=1S/C30H51FO/c1-3-5-6-7-8-10-24-11-13-25(14-12-24)26-17-21-30(22-18-26)27(31)29(28(30)32)19-15-23(9-4-2)16-20-29/h23-27H,3-22H2,1-2H3/t23?,24?,25?,26?,27-,29?,30?/m1/s1. The van der Waals surface area contributed by atoms with Gasteiger partial charge in [0, 0.05) is 0 Å². The fourth-order valence-electron chi connectivity index (χ4n) is 8.64. The molecule has 0 aliphatic heterocycles. The van der Waals surface area contributed by atoms with Crippen molar-refractivity contribution in [2.75, 3.05) is 0 Å². The van der Waals surface area contributed by atoms with E-state index in [0.29, 0.717) is 5.78 Å². The minimum atomic E-state index is -0.838. The van der Waals surface area contributed by atoms with Crippen molar-refractivity contribution in [1.29, 1.82) is 0 Å². The molecule has 4 aliphatic rings. The largest absolute Gasteiger partial charge is 0.298 e. The van der Waals surface area contributed by atoms with Crippen LogP contribution in [0.3, 0.4) is 0 Å². The summed E-state index contributed by atoms with van der Waals surface area (Å²) in [4.78, 5) is 13.4. The molecule has 2 spiro atoms. The van der Waals surface area contributed by atoms with Gasteiger partial charge in [0.05, 0.1) is 10.8 Å². The molecule has 0 aromatic heterocycles. The molecule has 4 fully saturated rings. The lowest BCUT2D eigenvalue weighted by Gasteiger charge is -2.61. The molecule has 0 radical (unpaired) electrons. The van der Waals surface area contributed by atoms with Crippen LogP contribution in [0.25, 0.3) is 0 Å². The molecule has 32 heavy (non-hydrogen) atoms. The van der Waals surface area contributed by atoms with Gasteiger partial charge >= 0.3 is 0 Å². The van der Waals surface area contributed by atoms with E-state index in [1.54, 1.807) is 0 Å². The zero-order valence-corrected chi connectivity index (χ0v) is 21.3. The van der Waals surface area contributed by atoms with Gasteiger partial charge in [0.1, 0.15) is 6.17 Å². The maximum Gasteiger partial charge on any atom is 0.151 e. The molecule has 4 rings (SSSR count). The highest BCUT2D eigenvalue weighted by atomic mass is 19.1. The third kappa shape index (κ3) is 4.72. The fraction of sp³-hybridized carbons (Fsp3) is 0.967. The van der Waals surface area contributed by atoms with Crippen LogP contribution in [0.4, 0.5) is 4.39 Å². The molecule has 184 valence electrons. The van der Waals surface area contributed by atoms with Crippen molar-refractivity contribution in [2.24, 2.45) is 34.5 Å². The summed E-state index contributed by atoms with van der Waals surface area (Å²) in [6.45, 7) is 4.53. The summed E-state index contributed by atoms with van der Waals surface area (Å²) >= 11 is 0. The van der Waals surface area contributed by atoms with Crippen LogP contribution in [0.5, 0.6) is 0 Å². The number of halogens is 1. The number of unbranched alkanes of at least 4 members (excludes halogenated alkanes) is 4. The Labute approximate surface area is 198 Å². The SMILES string of the molecule is CCCCCCCC1CCC(C2CCC3(CC2)C(=O)C2(CCC(CCC)CC2)[C@H]3F)CC1. The smallest absolute Gasteiger partial charge is 0.151 e. The molecule has 1 atom stereocenters. The summed E-state index contributed by atoms with van der Waals surface area (Å²) in [7, 11) is 0. The average Bonchev–Trinajstić information content (AvgIpc) is 2.84. The highest BCUT2D eigenvalue weighted by Crippen LogP contribution is 2.66. The minimum Gasteiger partial charge on any atom is -0.298 e. The van der Waals surface area contributed by atoms with E-state index in [9.17, 15) is 4.79 Å². The maximum absolute atomic E-state index is 15.8. The molecule has 2 heteroatoms. The van der Waals surface area contributed by atoms with Crippen molar-refractivity contribution in [1.82, 2.24) is 0 Å². The first-order chi connectivity index (χ1) is 15.6. The number of carbonyl (C=O) groups excluding carboxylic acids is 1. The molecular weight excluding hydrogens is 395 g/mol. The van der Waals surface area contributed by atoms with Gasteiger partial charge in [-0.1, -0.05) is 78.1 Å². The molecule has 0 N–H and O–H groups in total. The Morgan fingerprint density at radius 3 is 1.75 bits per heavy atom. The molecular formula is C30H51FO. The summed E-state index contributed by atoms with van der Waals surface area (Å²) in [5.41, 5.74) is -1.13. The highest BCUT2D eigenvalue weighted by Gasteiger charge is 2.71. The number of hydrogen-bond acceptors (Lipinski definition) is 1. The van der Waals surface area contributed by atoms with E-state index in [-0.39, 0.29) is 0 Å². The van der Waals surface area contributed by atoms with Crippen LogP contribution in [-0.4, -0.2) is 12.0 Å². The fourth-order valence-corrected chi connectivity index (χ4v) is 8.64. The van der Waals surface area contributed by atoms with E-state index < -0.39 is 17.0 Å². The van der Waals surface area contributed by atoms with Gasteiger partial charge in [-0.05, 0) is 87.9 Å². The van der Waals surface area contributed by atoms with Gasteiger partial charge in [-0.2, -0.15) is 0 Å². The van der Waals surface area contributed by atoms with Gasteiger partial charge in [-0.15, -0.1) is 0 Å². The maximum atomic E-state index is 15.8. The van der Waals surface area contributed by atoms with Crippen LogP contribution in [0, 0.1) is 34.5 Å². The number of alkyl halides is 1. The second-order valence-corrected chi connectivity index (χ2v) is 12.6. The van der Waals surface area contributed by atoms with E-state index in [2.05, 4.69) is 13.8 Å². The van der Waals surface area contributed by atoms with Gasteiger partial charge in [-0.25, -0.2) is 4.39 Å². The first kappa shape index (κ1) is 24.7. The van der Waals surface area contributed by atoms with Crippen LogP contribution in [0.2, 0.25) is 0 Å². The monoisotopic (exact) mass is 446 g/mol.